The molecule has 2 aliphatic carbocycles. The SMILES string of the molecule is O=C(CN1CC(=O)NC2CCCCC21)Nc1ccc2c(c1)CCC2. The number of nitrogens with one attached hydrogen (secondary N) is 2. The van der Waals surface area contributed by atoms with Crippen molar-refractivity contribution in [1.82, 2.24) is 10.2 Å². The molecular formula is C19H25N3O2. The van der Waals surface area contributed by atoms with Gasteiger partial charge in [0.05, 0.1) is 13.1 Å². The summed E-state index contributed by atoms with van der Waals surface area (Å²) in [6, 6.07) is 6.75. The van der Waals surface area contributed by atoms with Gasteiger partial charge in [0, 0.05) is 17.8 Å². The van der Waals surface area contributed by atoms with Crippen molar-refractivity contribution >= 4 is 17.5 Å². The molecule has 1 saturated heterocycles. The number of amides is 2. The summed E-state index contributed by atoms with van der Waals surface area (Å²) in [4.78, 5) is 26.5. The maximum absolute atomic E-state index is 12.5. The van der Waals surface area contributed by atoms with E-state index in [2.05, 4.69) is 27.7 Å². The Morgan fingerprint density at radius 3 is 2.92 bits per heavy atom. The molecule has 0 aromatic heterocycles. The van der Waals surface area contributed by atoms with Crippen molar-refractivity contribution in [1.29, 1.82) is 0 Å². The highest BCUT2D eigenvalue weighted by molar-refractivity contribution is 5.93. The van der Waals surface area contributed by atoms with Gasteiger partial charge in [-0.15, -0.1) is 0 Å². The predicted octanol–water partition coefficient (Wildman–Crippen LogP) is 1.86. The Morgan fingerprint density at radius 2 is 2.00 bits per heavy atom. The lowest BCUT2D eigenvalue weighted by Crippen LogP contribution is -2.62. The van der Waals surface area contributed by atoms with Crippen LogP contribution in [-0.4, -0.2) is 41.9 Å². The fourth-order valence-corrected chi connectivity index (χ4v) is 4.48. The first-order valence-corrected chi connectivity index (χ1v) is 9.14. The van der Waals surface area contributed by atoms with Gasteiger partial charge in [-0.1, -0.05) is 18.9 Å². The lowest BCUT2D eigenvalue weighted by Gasteiger charge is -2.43. The zero-order chi connectivity index (χ0) is 16.5. The summed E-state index contributed by atoms with van der Waals surface area (Å²) in [6.07, 6.45) is 7.90. The molecule has 0 bridgehead atoms. The molecule has 5 heteroatoms. The van der Waals surface area contributed by atoms with Crippen LogP contribution in [0.3, 0.4) is 0 Å². The van der Waals surface area contributed by atoms with Crippen molar-refractivity contribution in [2.45, 2.75) is 57.0 Å². The third-order valence-electron chi connectivity index (χ3n) is 5.62. The van der Waals surface area contributed by atoms with Gasteiger partial charge >= 0.3 is 0 Å². The molecule has 2 N–H and O–H groups in total. The summed E-state index contributed by atoms with van der Waals surface area (Å²) in [5.74, 6) is 0.0236. The second kappa shape index (κ2) is 6.55. The topological polar surface area (TPSA) is 61.4 Å². The lowest BCUT2D eigenvalue weighted by molar-refractivity contribution is -0.130. The van der Waals surface area contributed by atoms with Crippen LogP contribution in [0, 0.1) is 0 Å². The third-order valence-corrected chi connectivity index (χ3v) is 5.62. The molecule has 2 unspecified atom stereocenters. The first-order chi connectivity index (χ1) is 11.7. The number of carbonyl (C=O) groups excluding carboxylic acids is 2. The molecule has 128 valence electrons. The van der Waals surface area contributed by atoms with E-state index in [0.717, 1.165) is 37.8 Å². The number of fused-ring (bicyclic) bond motifs is 2. The van der Waals surface area contributed by atoms with Crippen molar-refractivity contribution in [3.8, 4) is 0 Å². The minimum Gasteiger partial charge on any atom is -0.351 e. The maximum Gasteiger partial charge on any atom is 0.238 e. The Bertz CT molecular complexity index is 658. The Hall–Kier alpha value is -1.88. The summed E-state index contributed by atoms with van der Waals surface area (Å²) in [7, 11) is 0. The van der Waals surface area contributed by atoms with Crippen molar-refractivity contribution < 1.29 is 9.59 Å². The lowest BCUT2D eigenvalue weighted by atomic mass is 9.87. The minimum absolute atomic E-state index is 0.0213. The molecular weight excluding hydrogens is 302 g/mol. The van der Waals surface area contributed by atoms with Gasteiger partial charge in [0.15, 0.2) is 0 Å². The number of benzene rings is 1. The Balaban J connectivity index is 1.40. The number of anilines is 1. The molecule has 2 fully saturated rings. The first-order valence-electron chi connectivity index (χ1n) is 9.14. The number of carbonyl (C=O) groups is 2. The van der Waals surface area contributed by atoms with E-state index in [1.165, 1.54) is 24.0 Å². The van der Waals surface area contributed by atoms with Gasteiger partial charge in [0.25, 0.3) is 0 Å². The summed E-state index contributed by atoms with van der Waals surface area (Å²) in [6.45, 7) is 0.629. The zero-order valence-corrected chi connectivity index (χ0v) is 14.0. The molecule has 0 radical (unpaired) electrons. The van der Waals surface area contributed by atoms with E-state index in [1.807, 2.05) is 6.07 Å². The van der Waals surface area contributed by atoms with E-state index < -0.39 is 0 Å². The maximum atomic E-state index is 12.5. The van der Waals surface area contributed by atoms with Crippen LogP contribution in [0.15, 0.2) is 18.2 Å². The Labute approximate surface area is 142 Å². The van der Waals surface area contributed by atoms with Gasteiger partial charge in [-0.05, 0) is 55.4 Å². The number of piperazine rings is 1. The van der Waals surface area contributed by atoms with Crippen LogP contribution in [0.25, 0.3) is 0 Å². The molecule has 4 rings (SSSR count). The van der Waals surface area contributed by atoms with E-state index >= 15 is 0 Å². The number of hydrogen-bond donors (Lipinski definition) is 2. The van der Waals surface area contributed by atoms with E-state index in [9.17, 15) is 9.59 Å². The standard InChI is InChI=1S/C19H25N3O2/c23-18(20-15-9-8-13-4-3-5-14(13)10-15)11-22-12-19(24)21-16-6-1-2-7-17(16)22/h8-10,16-17H,1-7,11-12H2,(H,20,23)(H,21,24). The third kappa shape index (κ3) is 3.18. The van der Waals surface area contributed by atoms with Crippen molar-refractivity contribution in [2.24, 2.45) is 0 Å². The highest BCUT2D eigenvalue weighted by atomic mass is 16.2. The summed E-state index contributed by atoms with van der Waals surface area (Å²) in [5.41, 5.74) is 3.64. The average Bonchev–Trinajstić information content (AvgIpc) is 3.02. The molecule has 2 atom stereocenters. The molecule has 3 aliphatic rings. The fourth-order valence-electron chi connectivity index (χ4n) is 4.48. The smallest absolute Gasteiger partial charge is 0.238 e. The van der Waals surface area contributed by atoms with Gasteiger partial charge < -0.3 is 10.6 Å². The molecule has 1 saturated carbocycles. The number of rotatable bonds is 3. The van der Waals surface area contributed by atoms with Gasteiger partial charge in [-0.25, -0.2) is 0 Å². The van der Waals surface area contributed by atoms with Crippen LogP contribution < -0.4 is 10.6 Å². The van der Waals surface area contributed by atoms with Crippen LogP contribution >= 0.6 is 0 Å². The molecule has 1 aromatic carbocycles. The number of hydrogen-bond acceptors (Lipinski definition) is 3. The van der Waals surface area contributed by atoms with Gasteiger partial charge in [-0.3, -0.25) is 14.5 Å². The van der Waals surface area contributed by atoms with Crippen molar-refractivity contribution in [3.05, 3.63) is 29.3 Å². The molecule has 24 heavy (non-hydrogen) atoms. The molecule has 0 spiro atoms. The Kier molecular flexibility index (Phi) is 4.27. The predicted molar refractivity (Wildman–Crippen MR) is 92.9 cm³/mol. The quantitative estimate of drug-likeness (QED) is 0.891. The first kappa shape index (κ1) is 15.6. The van der Waals surface area contributed by atoms with Crippen LogP contribution in [-0.2, 0) is 22.4 Å². The fraction of sp³-hybridized carbons (Fsp3) is 0.579. The van der Waals surface area contributed by atoms with Crippen molar-refractivity contribution in [2.75, 3.05) is 18.4 Å². The Morgan fingerprint density at radius 1 is 1.17 bits per heavy atom. The van der Waals surface area contributed by atoms with E-state index in [-0.39, 0.29) is 17.9 Å². The number of aryl methyl sites for hydroxylation is 2. The van der Waals surface area contributed by atoms with Crippen molar-refractivity contribution in [3.63, 3.8) is 0 Å². The van der Waals surface area contributed by atoms with Gasteiger partial charge in [0.2, 0.25) is 11.8 Å². The monoisotopic (exact) mass is 327 g/mol. The number of nitrogens with zero attached hydrogens (tertiary/aromatic N) is 1. The minimum atomic E-state index is -0.0213. The van der Waals surface area contributed by atoms with Crippen LogP contribution in [0.5, 0.6) is 0 Å². The molecule has 1 aliphatic heterocycles. The largest absolute Gasteiger partial charge is 0.351 e. The van der Waals surface area contributed by atoms with E-state index in [4.69, 9.17) is 0 Å². The van der Waals surface area contributed by atoms with Gasteiger partial charge in [0.1, 0.15) is 0 Å². The molecule has 5 nitrogen and oxygen atoms in total. The summed E-state index contributed by atoms with van der Waals surface area (Å²) < 4.78 is 0. The van der Waals surface area contributed by atoms with E-state index in [1.54, 1.807) is 0 Å². The molecule has 1 heterocycles. The molecule has 2 amide bonds. The van der Waals surface area contributed by atoms with Crippen LogP contribution in [0.2, 0.25) is 0 Å². The highest BCUT2D eigenvalue weighted by Crippen LogP contribution is 2.27. The highest BCUT2D eigenvalue weighted by Gasteiger charge is 2.36. The second-order valence-electron chi connectivity index (χ2n) is 7.32. The summed E-state index contributed by atoms with van der Waals surface area (Å²) in [5, 5.41) is 6.10. The average molecular weight is 327 g/mol. The van der Waals surface area contributed by atoms with E-state index in [0.29, 0.717) is 19.1 Å². The second-order valence-corrected chi connectivity index (χ2v) is 7.32. The van der Waals surface area contributed by atoms with Gasteiger partial charge in [-0.2, -0.15) is 0 Å². The zero-order valence-electron chi connectivity index (χ0n) is 14.0. The summed E-state index contributed by atoms with van der Waals surface area (Å²) >= 11 is 0. The normalized spacial score (nSPS) is 26.4. The van der Waals surface area contributed by atoms with Crippen LogP contribution in [0.1, 0.15) is 43.2 Å². The van der Waals surface area contributed by atoms with Crippen LogP contribution in [0.4, 0.5) is 5.69 Å². The molecule has 1 aromatic rings.